The molecule has 0 bridgehead atoms. The van der Waals surface area contributed by atoms with Crippen LogP contribution in [0.25, 0.3) is 0 Å². The van der Waals surface area contributed by atoms with Crippen molar-refractivity contribution in [1.82, 2.24) is 10.2 Å². The van der Waals surface area contributed by atoms with Gasteiger partial charge in [0, 0.05) is 18.1 Å². The quantitative estimate of drug-likeness (QED) is 0.946. The van der Waals surface area contributed by atoms with Crippen molar-refractivity contribution in [2.24, 2.45) is 0 Å². The molecule has 1 aliphatic heterocycles. The van der Waals surface area contributed by atoms with Gasteiger partial charge in [0.2, 0.25) is 0 Å². The molecule has 1 fully saturated rings. The molecule has 21 heavy (non-hydrogen) atoms. The summed E-state index contributed by atoms with van der Waals surface area (Å²) in [7, 11) is 0. The second kappa shape index (κ2) is 6.72. The smallest absolute Gasteiger partial charge is 0.318 e. The monoisotopic (exact) mass is 302 g/mol. The van der Waals surface area contributed by atoms with Gasteiger partial charge < -0.3 is 14.6 Å². The maximum absolute atomic E-state index is 12.4. The average molecular weight is 302 g/mol. The van der Waals surface area contributed by atoms with Crippen molar-refractivity contribution in [2.75, 3.05) is 18.1 Å². The van der Waals surface area contributed by atoms with Gasteiger partial charge in [0.05, 0.1) is 18.8 Å². The Morgan fingerprint density at radius 2 is 2.14 bits per heavy atom. The summed E-state index contributed by atoms with van der Waals surface area (Å²) in [6, 6.07) is 14.0. The maximum atomic E-state index is 12.4. The molecule has 3 rings (SSSR count). The molecule has 0 unspecified atom stereocenters. The molecule has 1 aromatic carbocycles. The number of hydrogen-bond donors (Lipinski definition) is 1. The molecule has 2 aromatic rings. The Kier molecular flexibility index (Phi) is 4.50. The van der Waals surface area contributed by atoms with Gasteiger partial charge in [-0.25, -0.2) is 4.79 Å². The molecule has 110 valence electrons. The zero-order valence-electron chi connectivity index (χ0n) is 11.7. The molecule has 0 radical (unpaired) electrons. The van der Waals surface area contributed by atoms with Crippen LogP contribution in [-0.4, -0.2) is 29.0 Å². The highest BCUT2D eigenvalue weighted by atomic mass is 32.2. The first-order chi connectivity index (χ1) is 10.3. The van der Waals surface area contributed by atoms with Gasteiger partial charge in [0.15, 0.2) is 0 Å². The number of thioether (sulfide) groups is 1. The molecule has 1 saturated heterocycles. The van der Waals surface area contributed by atoms with Gasteiger partial charge in [-0.15, -0.1) is 0 Å². The van der Waals surface area contributed by atoms with Crippen molar-refractivity contribution in [1.29, 1.82) is 0 Å². The summed E-state index contributed by atoms with van der Waals surface area (Å²) < 4.78 is 5.25. The molecule has 0 spiro atoms. The summed E-state index contributed by atoms with van der Waals surface area (Å²) in [5.74, 6) is 2.70. The SMILES string of the molecule is O=C(NCc1ccco1)N1CCSC[C@@H]1c1ccccc1. The number of rotatable bonds is 3. The Bertz CT molecular complexity index is 571. The Morgan fingerprint density at radius 3 is 2.90 bits per heavy atom. The van der Waals surface area contributed by atoms with E-state index in [1.807, 2.05) is 47.0 Å². The van der Waals surface area contributed by atoms with Gasteiger partial charge in [-0.1, -0.05) is 30.3 Å². The number of furan rings is 1. The molecule has 0 aliphatic carbocycles. The number of nitrogens with zero attached hydrogens (tertiary/aromatic N) is 1. The highest BCUT2D eigenvalue weighted by Gasteiger charge is 2.28. The molecule has 5 heteroatoms. The second-order valence-electron chi connectivity index (χ2n) is 4.93. The van der Waals surface area contributed by atoms with Crippen molar-refractivity contribution in [3.8, 4) is 0 Å². The van der Waals surface area contributed by atoms with Gasteiger partial charge in [0.25, 0.3) is 0 Å². The van der Waals surface area contributed by atoms with Gasteiger partial charge in [-0.2, -0.15) is 11.8 Å². The van der Waals surface area contributed by atoms with Gasteiger partial charge in [0.1, 0.15) is 5.76 Å². The third-order valence-corrected chi connectivity index (χ3v) is 4.59. The van der Waals surface area contributed by atoms with Gasteiger partial charge >= 0.3 is 6.03 Å². The van der Waals surface area contributed by atoms with Crippen LogP contribution in [0.15, 0.2) is 53.1 Å². The molecule has 1 aliphatic rings. The molecule has 4 nitrogen and oxygen atoms in total. The zero-order chi connectivity index (χ0) is 14.5. The number of carbonyl (C=O) groups excluding carboxylic acids is 1. The first-order valence-electron chi connectivity index (χ1n) is 7.04. The van der Waals surface area contributed by atoms with Crippen LogP contribution < -0.4 is 5.32 Å². The van der Waals surface area contributed by atoms with Crippen molar-refractivity contribution in [3.05, 3.63) is 60.1 Å². The normalized spacial score (nSPS) is 18.5. The van der Waals surface area contributed by atoms with E-state index in [0.717, 1.165) is 23.8 Å². The minimum atomic E-state index is -0.0273. The Hall–Kier alpha value is -1.88. The van der Waals surface area contributed by atoms with Crippen LogP contribution in [-0.2, 0) is 6.54 Å². The van der Waals surface area contributed by atoms with E-state index >= 15 is 0 Å². The number of hydrogen-bond acceptors (Lipinski definition) is 3. The standard InChI is InChI=1S/C16H18N2O2S/c19-16(17-11-14-7-4-9-20-14)18-8-10-21-12-15(18)13-5-2-1-3-6-13/h1-7,9,15H,8,10-12H2,(H,17,19)/t15-/m1/s1. The lowest BCUT2D eigenvalue weighted by Crippen LogP contribution is -2.46. The van der Waals surface area contributed by atoms with Crippen LogP contribution in [0.1, 0.15) is 17.4 Å². The van der Waals surface area contributed by atoms with Gasteiger partial charge in [-0.3, -0.25) is 0 Å². The van der Waals surface area contributed by atoms with E-state index in [-0.39, 0.29) is 12.1 Å². The number of benzene rings is 1. The van der Waals surface area contributed by atoms with Crippen molar-refractivity contribution in [2.45, 2.75) is 12.6 Å². The lowest BCUT2D eigenvalue weighted by atomic mass is 10.1. The Balaban J connectivity index is 1.67. The molecule has 1 aromatic heterocycles. The van der Waals surface area contributed by atoms with E-state index in [1.165, 1.54) is 5.56 Å². The molecule has 0 saturated carbocycles. The predicted octanol–water partition coefficient (Wildman–Crippen LogP) is 3.28. The Morgan fingerprint density at radius 1 is 1.29 bits per heavy atom. The molecule has 2 heterocycles. The second-order valence-corrected chi connectivity index (χ2v) is 6.08. The topological polar surface area (TPSA) is 45.5 Å². The molecule has 1 N–H and O–H groups in total. The van der Waals surface area contributed by atoms with Crippen LogP contribution in [0.3, 0.4) is 0 Å². The van der Waals surface area contributed by atoms with Crippen LogP contribution in [0.2, 0.25) is 0 Å². The zero-order valence-corrected chi connectivity index (χ0v) is 12.5. The van der Waals surface area contributed by atoms with E-state index in [9.17, 15) is 4.79 Å². The fourth-order valence-corrected chi connectivity index (χ4v) is 3.56. The fraction of sp³-hybridized carbons (Fsp3) is 0.312. The third kappa shape index (κ3) is 3.42. The van der Waals surface area contributed by atoms with Crippen molar-refractivity contribution in [3.63, 3.8) is 0 Å². The van der Waals surface area contributed by atoms with Crippen molar-refractivity contribution < 1.29 is 9.21 Å². The molecular formula is C16H18N2O2S. The summed E-state index contributed by atoms with van der Waals surface area (Å²) in [5, 5.41) is 2.94. The Labute approximate surface area is 128 Å². The lowest BCUT2D eigenvalue weighted by molar-refractivity contribution is 0.181. The summed E-state index contributed by atoms with van der Waals surface area (Å²) in [4.78, 5) is 14.4. The minimum Gasteiger partial charge on any atom is -0.467 e. The van der Waals surface area contributed by atoms with E-state index in [1.54, 1.807) is 6.26 Å². The first-order valence-corrected chi connectivity index (χ1v) is 8.19. The molecule has 1 atom stereocenters. The summed E-state index contributed by atoms with van der Waals surface area (Å²) >= 11 is 1.89. The van der Waals surface area contributed by atoms with Crippen molar-refractivity contribution >= 4 is 17.8 Å². The molecule has 2 amide bonds. The van der Waals surface area contributed by atoms with Gasteiger partial charge in [-0.05, 0) is 17.7 Å². The number of urea groups is 1. The average Bonchev–Trinajstić information content (AvgIpc) is 3.07. The maximum Gasteiger partial charge on any atom is 0.318 e. The summed E-state index contributed by atoms with van der Waals surface area (Å²) in [6.07, 6.45) is 1.62. The van der Waals surface area contributed by atoms with Crippen LogP contribution in [0, 0.1) is 0 Å². The van der Waals surface area contributed by atoms with E-state index in [2.05, 4.69) is 17.4 Å². The first kappa shape index (κ1) is 14.1. The fourth-order valence-electron chi connectivity index (χ4n) is 2.48. The highest BCUT2D eigenvalue weighted by molar-refractivity contribution is 7.99. The number of nitrogens with one attached hydrogen (secondary N) is 1. The summed E-state index contributed by atoms with van der Waals surface area (Å²) in [6.45, 7) is 1.20. The van der Waals surface area contributed by atoms with Crippen LogP contribution in [0.5, 0.6) is 0 Å². The minimum absolute atomic E-state index is 0.0273. The number of amides is 2. The lowest BCUT2D eigenvalue weighted by Gasteiger charge is -2.35. The third-order valence-electron chi connectivity index (χ3n) is 3.57. The molecular weight excluding hydrogens is 284 g/mol. The largest absolute Gasteiger partial charge is 0.467 e. The predicted molar refractivity (Wildman–Crippen MR) is 84.2 cm³/mol. The summed E-state index contributed by atoms with van der Waals surface area (Å²) in [5.41, 5.74) is 1.19. The van der Waals surface area contributed by atoms with E-state index < -0.39 is 0 Å². The highest BCUT2D eigenvalue weighted by Crippen LogP contribution is 2.29. The van der Waals surface area contributed by atoms with Crippen LogP contribution in [0.4, 0.5) is 4.79 Å². The van der Waals surface area contributed by atoms with Crippen LogP contribution >= 0.6 is 11.8 Å². The number of carbonyl (C=O) groups is 1. The van der Waals surface area contributed by atoms with E-state index in [0.29, 0.717) is 6.54 Å². The van der Waals surface area contributed by atoms with E-state index in [4.69, 9.17) is 4.42 Å².